The van der Waals surface area contributed by atoms with Crippen LogP contribution in [-0.2, 0) is 25.5 Å². The quantitative estimate of drug-likeness (QED) is 0.476. The van der Waals surface area contributed by atoms with E-state index in [0.717, 1.165) is 24.1 Å². The fraction of sp³-hybridized carbons (Fsp3) is 0.360. The van der Waals surface area contributed by atoms with Gasteiger partial charge in [0, 0.05) is 24.2 Å². The Bertz CT molecular complexity index is 1100. The summed E-state index contributed by atoms with van der Waals surface area (Å²) in [5.74, 6) is -0.792. The van der Waals surface area contributed by atoms with Crippen molar-refractivity contribution < 1.29 is 28.7 Å². The number of hydrogen-bond acceptors (Lipinski definition) is 6. The maximum Gasteiger partial charge on any atom is 0.306 e. The van der Waals surface area contributed by atoms with Crippen LogP contribution in [0.15, 0.2) is 42.5 Å². The zero-order chi connectivity index (χ0) is 23.4. The summed E-state index contributed by atoms with van der Waals surface area (Å²) in [6.07, 6.45) is 1.75. The van der Waals surface area contributed by atoms with Gasteiger partial charge in [0.25, 0.3) is 5.91 Å². The summed E-state index contributed by atoms with van der Waals surface area (Å²) in [5, 5.41) is 0. The first-order valence-electron chi connectivity index (χ1n) is 11.1. The molecular formula is C25H26N2O6. The second-order valence-corrected chi connectivity index (χ2v) is 7.96. The summed E-state index contributed by atoms with van der Waals surface area (Å²) < 4.78 is 10.4. The number of hydrogen-bond donors (Lipinski definition) is 0. The molecule has 2 aromatic carbocycles. The van der Waals surface area contributed by atoms with E-state index in [1.165, 1.54) is 4.90 Å². The van der Waals surface area contributed by atoms with Crippen molar-refractivity contribution in [2.45, 2.75) is 32.6 Å². The number of esters is 1. The van der Waals surface area contributed by atoms with E-state index in [-0.39, 0.29) is 50.2 Å². The molecule has 2 heterocycles. The summed E-state index contributed by atoms with van der Waals surface area (Å²) in [7, 11) is 0. The maximum absolute atomic E-state index is 13.2. The second kappa shape index (κ2) is 9.85. The Hall–Kier alpha value is -3.68. The SMILES string of the molecule is CCOC(=O)CCC(=O)c1ccc2c(c1)N(CC(=O)N1CCCc3ccccc31)C(=O)CO2. The number of rotatable bonds is 7. The second-order valence-electron chi connectivity index (χ2n) is 7.96. The highest BCUT2D eigenvalue weighted by Gasteiger charge is 2.31. The molecular weight excluding hydrogens is 424 g/mol. The number of para-hydroxylation sites is 1. The van der Waals surface area contributed by atoms with Crippen molar-refractivity contribution in [2.24, 2.45) is 0 Å². The normalized spacial score (nSPS) is 14.8. The number of amides is 2. The molecule has 0 saturated carbocycles. The molecule has 0 atom stereocenters. The van der Waals surface area contributed by atoms with E-state index in [2.05, 4.69) is 0 Å². The number of Topliss-reactive ketones (excluding diaryl/α,β-unsaturated/α-hetero) is 1. The number of aryl methyl sites for hydroxylation is 1. The zero-order valence-corrected chi connectivity index (χ0v) is 18.5. The molecule has 0 bridgehead atoms. The van der Waals surface area contributed by atoms with Crippen LogP contribution in [0.1, 0.15) is 42.1 Å². The van der Waals surface area contributed by atoms with Crippen molar-refractivity contribution in [2.75, 3.05) is 36.1 Å². The van der Waals surface area contributed by atoms with Crippen LogP contribution in [-0.4, -0.2) is 49.9 Å². The van der Waals surface area contributed by atoms with Gasteiger partial charge >= 0.3 is 5.97 Å². The molecule has 2 aliphatic rings. The lowest BCUT2D eigenvalue weighted by Crippen LogP contribution is -2.47. The lowest BCUT2D eigenvalue weighted by atomic mass is 10.0. The van der Waals surface area contributed by atoms with Gasteiger partial charge in [-0.15, -0.1) is 0 Å². The van der Waals surface area contributed by atoms with Crippen molar-refractivity contribution in [3.05, 3.63) is 53.6 Å². The molecule has 33 heavy (non-hydrogen) atoms. The van der Waals surface area contributed by atoms with Crippen molar-refractivity contribution in [3.63, 3.8) is 0 Å². The lowest BCUT2D eigenvalue weighted by molar-refractivity contribution is -0.143. The predicted molar refractivity (Wildman–Crippen MR) is 122 cm³/mol. The van der Waals surface area contributed by atoms with E-state index in [1.807, 2.05) is 24.3 Å². The summed E-state index contributed by atoms with van der Waals surface area (Å²) in [6, 6.07) is 12.6. The first-order valence-corrected chi connectivity index (χ1v) is 11.1. The number of fused-ring (bicyclic) bond motifs is 2. The molecule has 2 aliphatic heterocycles. The van der Waals surface area contributed by atoms with E-state index >= 15 is 0 Å². The molecule has 0 saturated heterocycles. The molecule has 0 aliphatic carbocycles. The number of anilines is 2. The number of carbonyl (C=O) groups is 4. The Morgan fingerprint density at radius 2 is 1.88 bits per heavy atom. The molecule has 0 N–H and O–H groups in total. The third kappa shape index (κ3) is 4.89. The number of ether oxygens (including phenoxy) is 2. The Morgan fingerprint density at radius 3 is 2.70 bits per heavy atom. The zero-order valence-electron chi connectivity index (χ0n) is 18.5. The highest BCUT2D eigenvalue weighted by Crippen LogP contribution is 2.34. The first-order chi connectivity index (χ1) is 16.0. The number of nitrogens with zero attached hydrogens (tertiary/aromatic N) is 2. The van der Waals surface area contributed by atoms with E-state index in [4.69, 9.17) is 9.47 Å². The predicted octanol–water partition coefficient (Wildman–Crippen LogP) is 2.92. The van der Waals surface area contributed by atoms with Gasteiger partial charge in [-0.2, -0.15) is 0 Å². The Balaban J connectivity index is 1.53. The fourth-order valence-electron chi connectivity index (χ4n) is 4.16. The summed E-state index contributed by atoms with van der Waals surface area (Å²) >= 11 is 0. The van der Waals surface area contributed by atoms with Crippen molar-refractivity contribution >= 4 is 34.9 Å². The summed E-state index contributed by atoms with van der Waals surface area (Å²) in [4.78, 5) is 53.2. The Kier molecular flexibility index (Phi) is 6.72. The molecule has 0 unspecified atom stereocenters. The molecule has 0 spiro atoms. The van der Waals surface area contributed by atoms with Gasteiger partial charge in [0.15, 0.2) is 12.4 Å². The van der Waals surface area contributed by atoms with Crippen molar-refractivity contribution in [3.8, 4) is 5.75 Å². The molecule has 0 fully saturated rings. The fourth-order valence-corrected chi connectivity index (χ4v) is 4.16. The van der Waals surface area contributed by atoms with E-state index < -0.39 is 5.97 Å². The number of carbonyl (C=O) groups excluding carboxylic acids is 4. The van der Waals surface area contributed by atoms with Gasteiger partial charge < -0.3 is 14.4 Å². The molecule has 172 valence electrons. The van der Waals surface area contributed by atoms with Crippen LogP contribution in [0.2, 0.25) is 0 Å². The van der Waals surface area contributed by atoms with Crippen LogP contribution in [0.3, 0.4) is 0 Å². The minimum Gasteiger partial charge on any atom is -0.482 e. The maximum atomic E-state index is 13.2. The Morgan fingerprint density at radius 1 is 1.06 bits per heavy atom. The monoisotopic (exact) mass is 450 g/mol. The van der Waals surface area contributed by atoms with E-state index in [0.29, 0.717) is 23.5 Å². The van der Waals surface area contributed by atoms with Gasteiger partial charge in [0.1, 0.15) is 12.3 Å². The van der Waals surface area contributed by atoms with Crippen molar-refractivity contribution in [1.82, 2.24) is 0 Å². The number of benzene rings is 2. The van der Waals surface area contributed by atoms with Crippen LogP contribution in [0.5, 0.6) is 5.75 Å². The molecule has 8 heteroatoms. The van der Waals surface area contributed by atoms with E-state index in [9.17, 15) is 19.2 Å². The largest absolute Gasteiger partial charge is 0.482 e. The molecule has 8 nitrogen and oxygen atoms in total. The van der Waals surface area contributed by atoms with Gasteiger partial charge in [-0.05, 0) is 49.6 Å². The van der Waals surface area contributed by atoms with Gasteiger partial charge in [-0.25, -0.2) is 0 Å². The average molecular weight is 450 g/mol. The van der Waals surface area contributed by atoms with Crippen LogP contribution in [0.25, 0.3) is 0 Å². The van der Waals surface area contributed by atoms with Crippen LogP contribution < -0.4 is 14.5 Å². The smallest absolute Gasteiger partial charge is 0.306 e. The van der Waals surface area contributed by atoms with Gasteiger partial charge in [0.05, 0.1) is 18.7 Å². The van der Waals surface area contributed by atoms with Gasteiger partial charge in [-0.1, -0.05) is 18.2 Å². The highest BCUT2D eigenvalue weighted by molar-refractivity contribution is 6.07. The highest BCUT2D eigenvalue weighted by atomic mass is 16.5. The van der Waals surface area contributed by atoms with Gasteiger partial charge in [-0.3, -0.25) is 24.1 Å². The molecule has 2 aromatic rings. The first kappa shape index (κ1) is 22.5. The standard InChI is InChI=1S/C25H26N2O6/c1-2-32-25(31)12-10-21(28)18-9-11-22-20(14-18)27(24(30)16-33-22)15-23(29)26-13-5-7-17-6-3-4-8-19(17)26/h3-4,6,8-9,11,14H,2,5,7,10,12-13,15-16H2,1H3. The third-order valence-electron chi connectivity index (χ3n) is 5.79. The summed E-state index contributed by atoms with van der Waals surface area (Å²) in [6.45, 7) is 2.24. The van der Waals surface area contributed by atoms with Crippen LogP contribution in [0, 0.1) is 0 Å². The molecule has 4 rings (SSSR count). The minimum atomic E-state index is -0.434. The van der Waals surface area contributed by atoms with Crippen LogP contribution in [0.4, 0.5) is 11.4 Å². The molecule has 2 amide bonds. The van der Waals surface area contributed by atoms with E-state index in [1.54, 1.807) is 30.0 Å². The summed E-state index contributed by atoms with van der Waals surface area (Å²) in [5.41, 5.74) is 2.71. The molecule has 0 radical (unpaired) electrons. The molecule has 0 aromatic heterocycles. The lowest BCUT2D eigenvalue weighted by Gasteiger charge is -2.33. The van der Waals surface area contributed by atoms with Gasteiger partial charge in [0.2, 0.25) is 5.91 Å². The topological polar surface area (TPSA) is 93.2 Å². The number of ketones is 1. The average Bonchev–Trinajstić information content (AvgIpc) is 2.83. The minimum absolute atomic E-state index is 0.00405. The van der Waals surface area contributed by atoms with Crippen molar-refractivity contribution in [1.29, 1.82) is 0 Å². The third-order valence-corrected chi connectivity index (χ3v) is 5.79. The van der Waals surface area contributed by atoms with Crippen LogP contribution >= 0.6 is 0 Å². The Labute approximate surface area is 192 Å².